The van der Waals surface area contributed by atoms with Gasteiger partial charge >= 0.3 is 0 Å². The van der Waals surface area contributed by atoms with Crippen LogP contribution in [0, 0.1) is 12.7 Å². The second kappa shape index (κ2) is 4.93. The summed E-state index contributed by atoms with van der Waals surface area (Å²) in [6, 6.07) is 7.96. The minimum Gasteiger partial charge on any atom is -0.436 e. The summed E-state index contributed by atoms with van der Waals surface area (Å²) in [5.74, 6) is 0.125. The van der Waals surface area contributed by atoms with Gasteiger partial charge in [0.2, 0.25) is 5.88 Å². The number of pyridine rings is 1. The molecule has 0 spiro atoms. The lowest BCUT2D eigenvalue weighted by atomic mass is 10.1. The van der Waals surface area contributed by atoms with Gasteiger partial charge in [0, 0.05) is 18.8 Å². The molecule has 0 radical (unpaired) electrons. The maximum absolute atomic E-state index is 13.3. The molecule has 17 heavy (non-hydrogen) atoms. The number of hydrogen-bond acceptors (Lipinski definition) is 3. The molecule has 0 atom stereocenters. The van der Waals surface area contributed by atoms with Crippen LogP contribution in [0.15, 0.2) is 36.5 Å². The third-order valence-electron chi connectivity index (χ3n) is 2.47. The lowest BCUT2D eigenvalue weighted by molar-refractivity contribution is 0.427. The number of benzene rings is 1. The SMILES string of the molecule is Cc1cc(Oc2ccccc2F)ncc1CN. The summed E-state index contributed by atoms with van der Waals surface area (Å²) in [5, 5.41) is 0. The van der Waals surface area contributed by atoms with Crippen LogP contribution in [0.1, 0.15) is 11.1 Å². The lowest BCUT2D eigenvalue weighted by Crippen LogP contribution is -2.00. The molecule has 3 nitrogen and oxygen atoms in total. The monoisotopic (exact) mass is 232 g/mol. The predicted molar refractivity (Wildman–Crippen MR) is 63.3 cm³/mol. The molecule has 0 fully saturated rings. The Morgan fingerprint density at radius 2 is 2.12 bits per heavy atom. The average Bonchev–Trinajstić information content (AvgIpc) is 2.32. The standard InChI is InChI=1S/C13H13FN2O/c1-9-6-13(16-8-10(9)7-15)17-12-5-3-2-4-11(12)14/h2-6,8H,7,15H2,1H3. The summed E-state index contributed by atoms with van der Waals surface area (Å²) < 4.78 is 18.7. The van der Waals surface area contributed by atoms with Crippen molar-refractivity contribution >= 4 is 0 Å². The fourth-order valence-electron chi connectivity index (χ4n) is 1.47. The van der Waals surface area contributed by atoms with Gasteiger partial charge in [-0.2, -0.15) is 0 Å². The van der Waals surface area contributed by atoms with Gasteiger partial charge in [0.25, 0.3) is 0 Å². The number of nitrogens with two attached hydrogens (primary N) is 1. The number of hydrogen-bond donors (Lipinski definition) is 1. The number of ether oxygens (including phenoxy) is 1. The molecule has 1 heterocycles. The third-order valence-corrected chi connectivity index (χ3v) is 2.47. The van der Waals surface area contributed by atoms with Crippen LogP contribution >= 0.6 is 0 Å². The Bertz CT molecular complexity index is 529. The average molecular weight is 232 g/mol. The van der Waals surface area contributed by atoms with Crippen LogP contribution < -0.4 is 10.5 Å². The van der Waals surface area contributed by atoms with E-state index < -0.39 is 5.82 Å². The molecule has 0 saturated heterocycles. The number of aromatic nitrogens is 1. The number of para-hydroxylation sites is 1. The van der Waals surface area contributed by atoms with Crippen molar-refractivity contribution in [3.05, 3.63) is 53.5 Å². The molecule has 2 N–H and O–H groups in total. The first kappa shape index (κ1) is 11.5. The minimum atomic E-state index is -0.408. The predicted octanol–water partition coefficient (Wildman–Crippen LogP) is 2.78. The quantitative estimate of drug-likeness (QED) is 0.885. The molecular weight excluding hydrogens is 219 g/mol. The van der Waals surface area contributed by atoms with Crippen LogP contribution in [0.5, 0.6) is 11.6 Å². The number of aryl methyl sites for hydroxylation is 1. The molecule has 1 aromatic heterocycles. The Morgan fingerprint density at radius 3 is 2.76 bits per heavy atom. The first-order valence-electron chi connectivity index (χ1n) is 5.28. The summed E-state index contributed by atoms with van der Waals surface area (Å²) in [6.45, 7) is 2.34. The van der Waals surface area contributed by atoms with E-state index in [0.29, 0.717) is 12.4 Å². The van der Waals surface area contributed by atoms with Crippen LogP contribution in [0.3, 0.4) is 0 Å². The molecule has 4 heteroatoms. The van der Waals surface area contributed by atoms with Crippen molar-refractivity contribution in [3.63, 3.8) is 0 Å². The molecule has 0 aliphatic heterocycles. The largest absolute Gasteiger partial charge is 0.436 e. The third kappa shape index (κ3) is 2.60. The molecule has 1 aromatic carbocycles. The van der Waals surface area contributed by atoms with Crippen molar-refractivity contribution in [2.24, 2.45) is 5.73 Å². The van der Waals surface area contributed by atoms with Gasteiger partial charge in [-0.25, -0.2) is 9.37 Å². The number of halogens is 1. The van der Waals surface area contributed by atoms with Crippen LogP contribution in [-0.4, -0.2) is 4.98 Å². The first-order valence-corrected chi connectivity index (χ1v) is 5.28. The smallest absolute Gasteiger partial charge is 0.219 e. The van der Waals surface area contributed by atoms with Gasteiger partial charge < -0.3 is 10.5 Å². The van der Waals surface area contributed by atoms with Crippen molar-refractivity contribution in [2.45, 2.75) is 13.5 Å². The summed E-state index contributed by atoms with van der Waals surface area (Å²) in [5.41, 5.74) is 7.47. The van der Waals surface area contributed by atoms with Gasteiger partial charge in [-0.05, 0) is 30.2 Å². The van der Waals surface area contributed by atoms with Gasteiger partial charge in [0.15, 0.2) is 11.6 Å². The summed E-state index contributed by atoms with van der Waals surface area (Å²) >= 11 is 0. The van der Waals surface area contributed by atoms with E-state index in [2.05, 4.69) is 4.98 Å². The number of rotatable bonds is 3. The van der Waals surface area contributed by atoms with E-state index >= 15 is 0 Å². The van der Waals surface area contributed by atoms with Gasteiger partial charge in [-0.15, -0.1) is 0 Å². The van der Waals surface area contributed by atoms with E-state index in [9.17, 15) is 4.39 Å². The van der Waals surface area contributed by atoms with Gasteiger partial charge in [0.1, 0.15) is 0 Å². The van der Waals surface area contributed by atoms with Crippen molar-refractivity contribution in [1.29, 1.82) is 0 Å². The Labute approximate surface area is 99.1 Å². The molecular formula is C13H13FN2O. The van der Waals surface area contributed by atoms with E-state index in [4.69, 9.17) is 10.5 Å². The Hall–Kier alpha value is -1.94. The zero-order valence-corrected chi connectivity index (χ0v) is 9.48. The Kier molecular flexibility index (Phi) is 3.35. The molecule has 88 valence electrons. The second-order valence-corrected chi connectivity index (χ2v) is 3.69. The van der Waals surface area contributed by atoms with Crippen molar-refractivity contribution in [1.82, 2.24) is 4.98 Å². The van der Waals surface area contributed by atoms with E-state index in [1.807, 2.05) is 6.92 Å². The van der Waals surface area contributed by atoms with Gasteiger partial charge in [0.05, 0.1) is 0 Å². The van der Waals surface area contributed by atoms with E-state index in [-0.39, 0.29) is 5.75 Å². The van der Waals surface area contributed by atoms with Crippen LogP contribution in [0.4, 0.5) is 4.39 Å². The normalized spacial score (nSPS) is 10.3. The highest BCUT2D eigenvalue weighted by Gasteiger charge is 2.05. The van der Waals surface area contributed by atoms with Crippen LogP contribution in [0.25, 0.3) is 0 Å². The zero-order valence-electron chi connectivity index (χ0n) is 9.48. The summed E-state index contributed by atoms with van der Waals surface area (Å²) in [7, 11) is 0. The zero-order chi connectivity index (χ0) is 12.3. The fourth-order valence-corrected chi connectivity index (χ4v) is 1.47. The summed E-state index contributed by atoms with van der Waals surface area (Å²) in [6.07, 6.45) is 1.64. The molecule has 0 unspecified atom stereocenters. The van der Waals surface area contributed by atoms with E-state index in [1.54, 1.807) is 30.5 Å². The van der Waals surface area contributed by atoms with Crippen LogP contribution in [0.2, 0.25) is 0 Å². The van der Waals surface area contributed by atoms with Gasteiger partial charge in [-0.3, -0.25) is 0 Å². The highest BCUT2D eigenvalue weighted by molar-refractivity contribution is 5.32. The molecule has 2 aromatic rings. The maximum atomic E-state index is 13.3. The molecule has 0 aliphatic rings. The molecule has 0 amide bonds. The molecule has 0 aliphatic carbocycles. The molecule has 0 bridgehead atoms. The van der Waals surface area contributed by atoms with Gasteiger partial charge in [-0.1, -0.05) is 12.1 Å². The fraction of sp³-hybridized carbons (Fsp3) is 0.154. The Balaban J connectivity index is 2.25. The van der Waals surface area contributed by atoms with Crippen LogP contribution in [-0.2, 0) is 6.54 Å². The van der Waals surface area contributed by atoms with E-state index in [0.717, 1.165) is 11.1 Å². The highest BCUT2D eigenvalue weighted by Crippen LogP contribution is 2.23. The molecule has 2 rings (SSSR count). The topological polar surface area (TPSA) is 48.1 Å². The Morgan fingerprint density at radius 1 is 1.35 bits per heavy atom. The van der Waals surface area contributed by atoms with Crippen molar-refractivity contribution in [2.75, 3.05) is 0 Å². The summed E-state index contributed by atoms with van der Waals surface area (Å²) in [4.78, 5) is 4.08. The highest BCUT2D eigenvalue weighted by atomic mass is 19.1. The number of nitrogens with zero attached hydrogens (tertiary/aromatic N) is 1. The van der Waals surface area contributed by atoms with Crippen molar-refractivity contribution in [3.8, 4) is 11.6 Å². The molecule has 0 saturated carbocycles. The maximum Gasteiger partial charge on any atom is 0.219 e. The lowest BCUT2D eigenvalue weighted by Gasteiger charge is -2.08. The second-order valence-electron chi connectivity index (χ2n) is 3.69. The van der Waals surface area contributed by atoms with E-state index in [1.165, 1.54) is 6.07 Å². The van der Waals surface area contributed by atoms with Crippen molar-refractivity contribution < 1.29 is 9.13 Å². The first-order chi connectivity index (χ1) is 8.20. The minimum absolute atomic E-state index is 0.167.